The van der Waals surface area contributed by atoms with Crippen LogP contribution in [0.25, 0.3) is 0 Å². The Balaban J connectivity index is 3.17. The fourth-order valence-corrected chi connectivity index (χ4v) is 0.352. The van der Waals surface area contributed by atoms with Gasteiger partial charge in [0.25, 0.3) is 5.17 Å². The van der Waals surface area contributed by atoms with Crippen LogP contribution in [0, 0.1) is 5.92 Å². The van der Waals surface area contributed by atoms with Gasteiger partial charge in [0.05, 0.1) is 6.61 Å². The van der Waals surface area contributed by atoms with Gasteiger partial charge in [0.2, 0.25) is 0 Å². The van der Waals surface area contributed by atoms with Gasteiger partial charge < -0.3 is 4.74 Å². The molecule has 4 heteroatoms. The molecule has 0 aromatic rings. The Kier molecular flexibility index (Phi) is 4.35. The monoisotopic (exact) mass is 148 g/mol. The molecular formula is C5H12N2OS. The molecule has 0 bridgehead atoms. The van der Waals surface area contributed by atoms with Gasteiger partial charge in [-0.3, -0.25) is 5.43 Å². The Hall–Kier alpha value is -0.350. The molecule has 0 heterocycles. The van der Waals surface area contributed by atoms with E-state index in [9.17, 15) is 0 Å². The summed E-state index contributed by atoms with van der Waals surface area (Å²) in [6, 6.07) is 0. The van der Waals surface area contributed by atoms with E-state index in [-0.39, 0.29) is 5.17 Å². The standard InChI is InChI=1S/C5H12N2OS/c1-4(2)3-8-5(9)7-6/h4H,3,6H2,1-2H3,(H,7,9). The molecule has 0 amide bonds. The molecule has 0 rings (SSSR count). The number of hydrogen-bond acceptors (Lipinski definition) is 3. The summed E-state index contributed by atoms with van der Waals surface area (Å²) in [6.45, 7) is 4.70. The van der Waals surface area contributed by atoms with E-state index >= 15 is 0 Å². The molecule has 9 heavy (non-hydrogen) atoms. The molecule has 54 valence electrons. The van der Waals surface area contributed by atoms with Crippen LogP contribution in [0.2, 0.25) is 0 Å². The minimum atomic E-state index is 0.253. The smallest absolute Gasteiger partial charge is 0.271 e. The topological polar surface area (TPSA) is 47.3 Å². The zero-order valence-corrected chi connectivity index (χ0v) is 6.49. The summed E-state index contributed by atoms with van der Waals surface area (Å²) in [5, 5.41) is 0.253. The van der Waals surface area contributed by atoms with E-state index in [4.69, 9.17) is 10.6 Å². The van der Waals surface area contributed by atoms with Gasteiger partial charge in [-0.15, -0.1) is 0 Å². The molecular weight excluding hydrogens is 136 g/mol. The molecule has 0 aromatic carbocycles. The average Bonchev–Trinajstić information content (AvgIpc) is 1.83. The largest absolute Gasteiger partial charge is 0.470 e. The van der Waals surface area contributed by atoms with Gasteiger partial charge in [-0.05, 0) is 18.1 Å². The molecule has 0 fully saturated rings. The predicted molar refractivity (Wildman–Crippen MR) is 40.7 cm³/mol. The third kappa shape index (κ3) is 5.52. The second kappa shape index (κ2) is 4.52. The Morgan fingerprint density at radius 1 is 1.78 bits per heavy atom. The maximum absolute atomic E-state index is 4.95. The number of nitrogens with two attached hydrogens (primary N) is 1. The summed E-state index contributed by atoms with van der Waals surface area (Å²) in [6.07, 6.45) is 0. The minimum absolute atomic E-state index is 0.253. The maximum atomic E-state index is 4.95. The molecule has 0 aliphatic carbocycles. The number of hydrazine groups is 1. The summed E-state index contributed by atoms with van der Waals surface area (Å²) in [4.78, 5) is 0. The normalized spacial score (nSPS) is 9.33. The Morgan fingerprint density at radius 3 is 2.67 bits per heavy atom. The van der Waals surface area contributed by atoms with Gasteiger partial charge >= 0.3 is 0 Å². The van der Waals surface area contributed by atoms with Gasteiger partial charge in [-0.2, -0.15) is 0 Å². The molecule has 0 aliphatic rings. The van der Waals surface area contributed by atoms with E-state index in [0.717, 1.165) is 0 Å². The van der Waals surface area contributed by atoms with Crippen molar-refractivity contribution < 1.29 is 4.74 Å². The van der Waals surface area contributed by atoms with Crippen LogP contribution in [0.1, 0.15) is 13.8 Å². The summed E-state index contributed by atoms with van der Waals surface area (Å²) in [7, 11) is 0. The van der Waals surface area contributed by atoms with Gasteiger partial charge in [0.1, 0.15) is 0 Å². The van der Waals surface area contributed by atoms with Crippen LogP contribution in [0.3, 0.4) is 0 Å². The lowest BCUT2D eigenvalue weighted by Crippen LogP contribution is -2.31. The maximum Gasteiger partial charge on any atom is 0.271 e. The summed E-state index contributed by atoms with van der Waals surface area (Å²) in [5.74, 6) is 5.42. The van der Waals surface area contributed by atoms with E-state index in [0.29, 0.717) is 12.5 Å². The number of nitrogens with one attached hydrogen (secondary N) is 1. The second-order valence-corrected chi connectivity index (χ2v) is 2.51. The van der Waals surface area contributed by atoms with E-state index in [1.165, 1.54) is 0 Å². The van der Waals surface area contributed by atoms with Crippen molar-refractivity contribution in [2.45, 2.75) is 13.8 Å². The lowest BCUT2D eigenvalue weighted by Gasteiger charge is -2.07. The van der Waals surface area contributed by atoms with Crippen molar-refractivity contribution >= 4 is 17.4 Å². The fraction of sp³-hybridized carbons (Fsp3) is 0.800. The Labute approximate surface area is 60.5 Å². The molecule has 0 unspecified atom stereocenters. The summed E-state index contributed by atoms with van der Waals surface area (Å²) in [5.41, 5.74) is 2.23. The molecule has 3 N–H and O–H groups in total. The van der Waals surface area contributed by atoms with Gasteiger partial charge in [-0.1, -0.05) is 13.8 Å². The van der Waals surface area contributed by atoms with Gasteiger partial charge in [-0.25, -0.2) is 5.84 Å². The van der Waals surface area contributed by atoms with Crippen molar-refractivity contribution in [2.75, 3.05) is 6.61 Å². The van der Waals surface area contributed by atoms with Crippen molar-refractivity contribution in [3.63, 3.8) is 0 Å². The molecule has 0 radical (unpaired) electrons. The summed E-state index contributed by atoms with van der Waals surface area (Å²) < 4.78 is 4.95. The number of rotatable bonds is 2. The lowest BCUT2D eigenvalue weighted by atomic mass is 10.2. The van der Waals surface area contributed by atoms with Gasteiger partial charge in [0.15, 0.2) is 0 Å². The highest BCUT2D eigenvalue weighted by Crippen LogP contribution is 1.91. The van der Waals surface area contributed by atoms with Crippen LogP contribution in [0.5, 0.6) is 0 Å². The molecule has 0 saturated heterocycles. The van der Waals surface area contributed by atoms with E-state index in [1.54, 1.807) is 0 Å². The van der Waals surface area contributed by atoms with Crippen molar-refractivity contribution in [3.05, 3.63) is 0 Å². The number of hydrogen-bond donors (Lipinski definition) is 2. The molecule has 0 atom stereocenters. The summed E-state index contributed by atoms with van der Waals surface area (Å²) >= 11 is 4.62. The first kappa shape index (κ1) is 8.65. The molecule has 0 aromatic heterocycles. The van der Waals surface area contributed by atoms with Crippen LogP contribution >= 0.6 is 12.2 Å². The predicted octanol–water partition coefficient (Wildman–Crippen LogP) is 0.407. The first-order chi connectivity index (χ1) is 4.16. The SMILES string of the molecule is CC(C)COC(=S)NN. The van der Waals surface area contributed by atoms with E-state index in [2.05, 4.69) is 17.6 Å². The van der Waals surface area contributed by atoms with Crippen molar-refractivity contribution in [2.24, 2.45) is 11.8 Å². The van der Waals surface area contributed by atoms with Crippen LogP contribution < -0.4 is 11.3 Å². The third-order valence-electron chi connectivity index (χ3n) is 0.666. The Bertz CT molecular complexity index is 95.0. The average molecular weight is 148 g/mol. The molecule has 3 nitrogen and oxygen atoms in total. The number of thiocarbonyl (C=S) groups is 1. The van der Waals surface area contributed by atoms with Crippen molar-refractivity contribution in [1.82, 2.24) is 5.43 Å². The fourth-order valence-electron chi connectivity index (χ4n) is 0.284. The highest BCUT2D eigenvalue weighted by atomic mass is 32.1. The molecule has 0 aliphatic heterocycles. The highest BCUT2D eigenvalue weighted by Gasteiger charge is 1.95. The van der Waals surface area contributed by atoms with Crippen molar-refractivity contribution in [3.8, 4) is 0 Å². The first-order valence-corrected chi connectivity index (χ1v) is 3.21. The lowest BCUT2D eigenvalue weighted by molar-refractivity contribution is 0.254. The molecule has 0 spiro atoms. The molecule has 0 saturated carbocycles. The highest BCUT2D eigenvalue weighted by molar-refractivity contribution is 7.80. The van der Waals surface area contributed by atoms with E-state index < -0.39 is 0 Å². The number of ether oxygens (including phenoxy) is 1. The quantitative estimate of drug-likeness (QED) is 0.338. The first-order valence-electron chi connectivity index (χ1n) is 2.80. The zero-order chi connectivity index (χ0) is 7.28. The van der Waals surface area contributed by atoms with Crippen LogP contribution in [0.4, 0.5) is 0 Å². The second-order valence-electron chi connectivity index (χ2n) is 2.14. The Morgan fingerprint density at radius 2 is 2.33 bits per heavy atom. The van der Waals surface area contributed by atoms with Crippen LogP contribution in [-0.2, 0) is 4.74 Å². The van der Waals surface area contributed by atoms with Crippen LogP contribution in [0.15, 0.2) is 0 Å². The van der Waals surface area contributed by atoms with Crippen LogP contribution in [-0.4, -0.2) is 11.8 Å². The third-order valence-corrected chi connectivity index (χ3v) is 0.901. The minimum Gasteiger partial charge on any atom is -0.470 e. The van der Waals surface area contributed by atoms with Gasteiger partial charge in [0, 0.05) is 0 Å². The zero-order valence-electron chi connectivity index (χ0n) is 5.68. The van der Waals surface area contributed by atoms with Crippen molar-refractivity contribution in [1.29, 1.82) is 0 Å². The van der Waals surface area contributed by atoms with E-state index in [1.807, 2.05) is 13.8 Å².